The van der Waals surface area contributed by atoms with Crippen molar-refractivity contribution in [3.05, 3.63) is 23.9 Å². The van der Waals surface area contributed by atoms with Gasteiger partial charge in [-0.25, -0.2) is 4.98 Å². The first-order chi connectivity index (χ1) is 6.36. The van der Waals surface area contributed by atoms with Crippen molar-refractivity contribution in [3.8, 4) is 5.88 Å². The largest absolute Gasteiger partial charge is 0.478 e. The molecule has 1 aromatic rings. The first kappa shape index (κ1) is 9.67. The molecule has 70 valence electrons. The van der Waals surface area contributed by atoms with E-state index in [0.717, 1.165) is 12.7 Å². The number of carbonyl (C=O) groups excluding carboxylic acids is 1. The lowest BCUT2D eigenvalue weighted by Gasteiger charge is -2.02. The molecule has 0 saturated heterocycles. The maximum absolute atomic E-state index is 10.3. The molecular formula is C9H12N2O2. The van der Waals surface area contributed by atoms with Crippen LogP contribution in [0.4, 0.5) is 0 Å². The van der Waals surface area contributed by atoms with Crippen LogP contribution in [0.25, 0.3) is 0 Å². The first-order valence-corrected chi connectivity index (χ1v) is 4.11. The summed E-state index contributed by atoms with van der Waals surface area (Å²) in [5.41, 5.74) is 5.84. The molecule has 0 aliphatic carbocycles. The minimum absolute atomic E-state index is 0.527. The molecule has 2 N–H and O–H groups in total. The van der Waals surface area contributed by atoms with Crippen LogP contribution >= 0.6 is 0 Å². The fraction of sp³-hybridized carbons (Fsp3) is 0.333. The number of pyridine rings is 1. The second-order valence-corrected chi connectivity index (χ2v) is 2.54. The molecular weight excluding hydrogens is 168 g/mol. The number of hydrogen-bond donors (Lipinski definition) is 1. The predicted octanol–water partition coefficient (Wildman–Crippen LogP) is 0.622. The van der Waals surface area contributed by atoms with E-state index in [9.17, 15) is 4.79 Å². The van der Waals surface area contributed by atoms with E-state index in [1.165, 1.54) is 6.20 Å². The van der Waals surface area contributed by atoms with Crippen molar-refractivity contribution in [2.24, 2.45) is 5.73 Å². The summed E-state index contributed by atoms with van der Waals surface area (Å²) in [4.78, 5) is 14.2. The highest BCUT2D eigenvalue weighted by Crippen LogP contribution is 2.05. The topological polar surface area (TPSA) is 65.2 Å². The first-order valence-electron chi connectivity index (χ1n) is 4.11. The third-order valence-electron chi connectivity index (χ3n) is 1.49. The molecule has 1 rings (SSSR count). The average Bonchev–Trinajstić information content (AvgIpc) is 2.19. The van der Waals surface area contributed by atoms with Gasteiger partial charge in [0.1, 0.15) is 0 Å². The molecule has 0 amide bonds. The second-order valence-electron chi connectivity index (χ2n) is 2.54. The average molecular weight is 180 g/mol. The zero-order valence-electron chi connectivity index (χ0n) is 7.27. The van der Waals surface area contributed by atoms with E-state index in [0.29, 0.717) is 24.6 Å². The lowest BCUT2D eigenvalue weighted by atomic mass is 10.3. The number of rotatable bonds is 5. The Balaban J connectivity index is 2.44. The van der Waals surface area contributed by atoms with Gasteiger partial charge in [0.05, 0.1) is 6.61 Å². The molecule has 0 bridgehead atoms. The van der Waals surface area contributed by atoms with E-state index in [2.05, 4.69) is 4.98 Å². The maximum atomic E-state index is 10.3. The molecule has 0 aliphatic heterocycles. The van der Waals surface area contributed by atoms with Gasteiger partial charge in [-0.1, -0.05) is 0 Å². The third-order valence-corrected chi connectivity index (χ3v) is 1.49. The fourth-order valence-corrected chi connectivity index (χ4v) is 0.807. The van der Waals surface area contributed by atoms with Gasteiger partial charge in [0, 0.05) is 17.8 Å². The Kier molecular flexibility index (Phi) is 3.92. The highest BCUT2D eigenvalue weighted by molar-refractivity contribution is 5.73. The van der Waals surface area contributed by atoms with Crippen molar-refractivity contribution in [2.45, 2.75) is 6.42 Å². The number of ether oxygens (including phenoxy) is 1. The zero-order valence-corrected chi connectivity index (χ0v) is 7.27. The van der Waals surface area contributed by atoms with Crippen LogP contribution in [-0.2, 0) is 0 Å². The molecule has 0 aromatic carbocycles. The summed E-state index contributed by atoms with van der Waals surface area (Å²) in [6.07, 6.45) is 3.03. The van der Waals surface area contributed by atoms with E-state index >= 15 is 0 Å². The molecule has 0 unspecified atom stereocenters. The minimum Gasteiger partial charge on any atom is -0.478 e. The molecule has 1 aromatic heterocycles. The molecule has 0 fully saturated rings. The molecule has 1 heterocycles. The predicted molar refractivity (Wildman–Crippen MR) is 48.8 cm³/mol. The van der Waals surface area contributed by atoms with Crippen LogP contribution in [0.1, 0.15) is 16.8 Å². The lowest BCUT2D eigenvalue weighted by Crippen LogP contribution is -2.06. The van der Waals surface area contributed by atoms with E-state index in [4.69, 9.17) is 10.5 Å². The molecule has 4 heteroatoms. The van der Waals surface area contributed by atoms with Crippen molar-refractivity contribution in [2.75, 3.05) is 13.2 Å². The van der Waals surface area contributed by atoms with E-state index in [1.807, 2.05) is 0 Å². The van der Waals surface area contributed by atoms with Gasteiger partial charge in [-0.05, 0) is 19.0 Å². The van der Waals surface area contributed by atoms with Crippen molar-refractivity contribution < 1.29 is 9.53 Å². The summed E-state index contributed by atoms with van der Waals surface area (Å²) >= 11 is 0. The number of carbonyl (C=O) groups is 1. The summed E-state index contributed by atoms with van der Waals surface area (Å²) in [5, 5.41) is 0. The van der Waals surface area contributed by atoms with Gasteiger partial charge in [-0.2, -0.15) is 0 Å². The van der Waals surface area contributed by atoms with Crippen LogP contribution in [0.2, 0.25) is 0 Å². The molecule has 0 atom stereocenters. The fourth-order valence-electron chi connectivity index (χ4n) is 0.807. The molecule has 4 nitrogen and oxygen atoms in total. The smallest absolute Gasteiger partial charge is 0.213 e. The molecule has 0 spiro atoms. The Hall–Kier alpha value is -1.42. The Bertz CT molecular complexity index is 259. The quantitative estimate of drug-likeness (QED) is 0.533. The van der Waals surface area contributed by atoms with Crippen LogP contribution in [0.3, 0.4) is 0 Å². The molecule has 0 radical (unpaired) electrons. The van der Waals surface area contributed by atoms with Crippen LogP contribution in [0.15, 0.2) is 18.3 Å². The van der Waals surface area contributed by atoms with Crippen LogP contribution in [0.5, 0.6) is 5.88 Å². The van der Waals surface area contributed by atoms with Crippen LogP contribution in [-0.4, -0.2) is 24.4 Å². The SMILES string of the molecule is NCCCOc1ccc(C=O)cn1. The molecule has 13 heavy (non-hydrogen) atoms. The van der Waals surface area contributed by atoms with Gasteiger partial charge < -0.3 is 10.5 Å². The molecule has 0 aliphatic rings. The number of aromatic nitrogens is 1. The Morgan fingerprint density at radius 2 is 2.38 bits per heavy atom. The number of aldehydes is 1. The highest BCUT2D eigenvalue weighted by Gasteiger charge is 1.94. The Morgan fingerprint density at radius 1 is 1.54 bits per heavy atom. The highest BCUT2D eigenvalue weighted by atomic mass is 16.5. The normalized spacial score (nSPS) is 9.62. The standard InChI is InChI=1S/C9H12N2O2/c10-4-1-5-13-9-3-2-8(7-12)6-11-9/h2-3,6-7H,1,4-5,10H2. The van der Waals surface area contributed by atoms with Crippen LogP contribution in [0, 0.1) is 0 Å². The van der Waals surface area contributed by atoms with Crippen molar-refractivity contribution in [1.29, 1.82) is 0 Å². The van der Waals surface area contributed by atoms with E-state index < -0.39 is 0 Å². The van der Waals surface area contributed by atoms with Crippen LogP contribution < -0.4 is 10.5 Å². The third kappa shape index (κ3) is 3.21. The van der Waals surface area contributed by atoms with Crippen molar-refractivity contribution in [1.82, 2.24) is 4.98 Å². The Morgan fingerprint density at radius 3 is 2.92 bits per heavy atom. The number of nitrogens with two attached hydrogens (primary N) is 1. The van der Waals surface area contributed by atoms with E-state index in [1.54, 1.807) is 12.1 Å². The summed E-state index contributed by atoms with van der Waals surface area (Å²) < 4.78 is 5.24. The second kappa shape index (κ2) is 5.27. The van der Waals surface area contributed by atoms with Gasteiger partial charge >= 0.3 is 0 Å². The monoisotopic (exact) mass is 180 g/mol. The summed E-state index contributed by atoms with van der Waals surface area (Å²) in [6, 6.07) is 3.33. The summed E-state index contributed by atoms with van der Waals surface area (Å²) in [5.74, 6) is 0.527. The van der Waals surface area contributed by atoms with Gasteiger partial charge in [-0.15, -0.1) is 0 Å². The minimum atomic E-state index is 0.527. The summed E-state index contributed by atoms with van der Waals surface area (Å²) in [7, 11) is 0. The van der Waals surface area contributed by atoms with Gasteiger partial charge in [-0.3, -0.25) is 4.79 Å². The lowest BCUT2D eigenvalue weighted by molar-refractivity contribution is 0.112. The Labute approximate surface area is 76.7 Å². The summed E-state index contributed by atoms with van der Waals surface area (Å²) in [6.45, 7) is 1.16. The molecule has 0 saturated carbocycles. The van der Waals surface area contributed by atoms with Crippen molar-refractivity contribution in [3.63, 3.8) is 0 Å². The van der Waals surface area contributed by atoms with Gasteiger partial charge in [0.25, 0.3) is 0 Å². The zero-order chi connectivity index (χ0) is 9.52. The maximum Gasteiger partial charge on any atom is 0.213 e. The number of hydrogen-bond acceptors (Lipinski definition) is 4. The van der Waals surface area contributed by atoms with Gasteiger partial charge in [0.15, 0.2) is 6.29 Å². The van der Waals surface area contributed by atoms with E-state index in [-0.39, 0.29) is 0 Å². The van der Waals surface area contributed by atoms with Gasteiger partial charge in [0.2, 0.25) is 5.88 Å². The van der Waals surface area contributed by atoms with Crippen molar-refractivity contribution >= 4 is 6.29 Å². The number of nitrogens with zero attached hydrogens (tertiary/aromatic N) is 1.